The van der Waals surface area contributed by atoms with E-state index in [9.17, 15) is 4.79 Å². The molecule has 1 aromatic carbocycles. The Kier molecular flexibility index (Phi) is 5.77. The van der Waals surface area contributed by atoms with Crippen LogP contribution in [0.25, 0.3) is 11.3 Å². The van der Waals surface area contributed by atoms with E-state index in [2.05, 4.69) is 29.5 Å². The lowest BCUT2D eigenvalue weighted by Crippen LogP contribution is -2.41. The molecular formula is C21H26N4OS. The Hall–Kier alpha value is -2.44. The fourth-order valence-electron chi connectivity index (χ4n) is 3.32. The standard InChI is InChI=1S/C21H26N4OS/c1-13-7-5-6-8-16(13)9-17(11-22)24-21(26)19-10-18(15(3)27-19)20-14(2)12-23-25(20)4/h5-8,10,12,17H,9,11,22H2,1-4H3,(H,24,26)/t17-/m0/s1. The number of benzene rings is 1. The Balaban J connectivity index is 1.78. The zero-order chi connectivity index (χ0) is 19.6. The average molecular weight is 383 g/mol. The first-order valence-corrected chi connectivity index (χ1v) is 9.87. The van der Waals surface area contributed by atoms with E-state index >= 15 is 0 Å². The van der Waals surface area contributed by atoms with E-state index in [1.807, 2.05) is 50.0 Å². The number of aryl methyl sites for hydroxylation is 4. The fourth-order valence-corrected chi connectivity index (χ4v) is 4.24. The zero-order valence-electron chi connectivity index (χ0n) is 16.2. The highest BCUT2D eigenvalue weighted by atomic mass is 32.1. The third-order valence-corrected chi connectivity index (χ3v) is 5.91. The van der Waals surface area contributed by atoms with Crippen LogP contribution in [0.4, 0.5) is 0 Å². The van der Waals surface area contributed by atoms with Gasteiger partial charge in [-0.3, -0.25) is 9.48 Å². The first kappa shape index (κ1) is 19.3. The minimum absolute atomic E-state index is 0.0711. The molecule has 6 heteroatoms. The lowest BCUT2D eigenvalue weighted by molar-refractivity contribution is 0.0942. The van der Waals surface area contributed by atoms with Crippen molar-refractivity contribution in [1.29, 1.82) is 0 Å². The Morgan fingerprint density at radius 1 is 1.26 bits per heavy atom. The van der Waals surface area contributed by atoms with Crippen LogP contribution >= 0.6 is 11.3 Å². The minimum atomic E-state index is -0.0945. The van der Waals surface area contributed by atoms with Gasteiger partial charge in [-0.2, -0.15) is 5.10 Å². The molecule has 0 aliphatic rings. The summed E-state index contributed by atoms with van der Waals surface area (Å²) in [6.07, 6.45) is 2.58. The normalized spacial score (nSPS) is 12.2. The number of aromatic nitrogens is 2. The molecule has 27 heavy (non-hydrogen) atoms. The summed E-state index contributed by atoms with van der Waals surface area (Å²) in [7, 11) is 1.92. The third-order valence-electron chi connectivity index (χ3n) is 4.87. The van der Waals surface area contributed by atoms with Gasteiger partial charge < -0.3 is 11.1 Å². The van der Waals surface area contributed by atoms with Gasteiger partial charge in [0.2, 0.25) is 0 Å². The number of thiophene rings is 1. The lowest BCUT2D eigenvalue weighted by Gasteiger charge is -2.17. The molecule has 0 radical (unpaired) electrons. The van der Waals surface area contributed by atoms with E-state index in [1.54, 1.807) is 0 Å². The second-order valence-corrected chi connectivity index (χ2v) is 8.17. The van der Waals surface area contributed by atoms with E-state index in [0.29, 0.717) is 11.4 Å². The van der Waals surface area contributed by atoms with Crippen LogP contribution in [0.5, 0.6) is 0 Å². The topological polar surface area (TPSA) is 72.9 Å². The second-order valence-electron chi connectivity index (χ2n) is 6.92. The molecule has 3 aromatic rings. The number of hydrogen-bond donors (Lipinski definition) is 2. The molecule has 0 aliphatic heterocycles. The van der Waals surface area contributed by atoms with Gasteiger partial charge in [0.15, 0.2) is 0 Å². The maximum Gasteiger partial charge on any atom is 0.261 e. The average Bonchev–Trinajstić information content (AvgIpc) is 3.18. The molecule has 0 saturated carbocycles. The Morgan fingerprint density at radius 3 is 2.63 bits per heavy atom. The van der Waals surface area contributed by atoms with Crippen molar-refractivity contribution in [3.05, 3.63) is 63.0 Å². The first-order valence-electron chi connectivity index (χ1n) is 9.05. The molecule has 5 nitrogen and oxygen atoms in total. The Morgan fingerprint density at radius 2 is 2.00 bits per heavy atom. The molecule has 3 rings (SSSR count). The smallest absolute Gasteiger partial charge is 0.261 e. The summed E-state index contributed by atoms with van der Waals surface area (Å²) < 4.78 is 1.85. The number of nitrogens with two attached hydrogens (primary N) is 1. The van der Waals surface area contributed by atoms with Gasteiger partial charge in [0.25, 0.3) is 5.91 Å². The van der Waals surface area contributed by atoms with Gasteiger partial charge in [0.1, 0.15) is 0 Å². The van der Waals surface area contributed by atoms with Crippen molar-refractivity contribution in [2.75, 3.05) is 6.54 Å². The molecule has 1 atom stereocenters. The number of nitrogens with zero attached hydrogens (tertiary/aromatic N) is 2. The molecule has 0 saturated heterocycles. The van der Waals surface area contributed by atoms with E-state index in [0.717, 1.165) is 28.1 Å². The first-order chi connectivity index (χ1) is 12.9. The number of amides is 1. The molecule has 2 heterocycles. The third kappa shape index (κ3) is 4.12. The van der Waals surface area contributed by atoms with Crippen molar-refractivity contribution in [1.82, 2.24) is 15.1 Å². The maximum absolute atomic E-state index is 12.8. The van der Waals surface area contributed by atoms with Crippen LogP contribution in [-0.4, -0.2) is 28.3 Å². The lowest BCUT2D eigenvalue weighted by atomic mass is 10.0. The van der Waals surface area contributed by atoms with Gasteiger partial charge in [-0.05, 0) is 49.9 Å². The summed E-state index contributed by atoms with van der Waals surface area (Å²) in [4.78, 5) is 14.6. The quantitative estimate of drug-likeness (QED) is 0.686. The van der Waals surface area contributed by atoms with Crippen molar-refractivity contribution < 1.29 is 4.79 Å². The summed E-state index contributed by atoms with van der Waals surface area (Å²) in [5.41, 5.74) is 11.6. The van der Waals surface area contributed by atoms with Crippen molar-refractivity contribution >= 4 is 17.2 Å². The van der Waals surface area contributed by atoms with Crippen molar-refractivity contribution in [2.45, 2.75) is 33.2 Å². The molecule has 142 valence electrons. The van der Waals surface area contributed by atoms with Gasteiger partial charge >= 0.3 is 0 Å². The summed E-state index contributed by atoms with van der Waals surface area (Å²) in [5.74, 6) is -0.0711. The Labute approximate surface area is 164 Å². The van der Waals surface area contributed by atoms with Crippen LogP contribution < -0.4 is 11.1 Å². The van der Waals surface area contributed by atoms with E-state index < -0.39 is 0 Å². The van der Waals surface area contributed by atoms with Gasteiger partial charge in [-0.1, -0.05) is 24.3 Å². The predicted octanol–water partition coefficient (Wildman–Crippen LogP) is 3.37. The molecule has 2 aromatic heterocycles. The summed E-state index contributed by atoms with van der Waals surface area (Å²) in [6.45, 7) is 6.55. The van der Waals surface area contributed by atoms with Crippen LogP contribution in [0.15, 0.2) is 36.5 Å². The largest absolute Gasteiger partial charge is 0.347 e. The van der Waals surface area contributed by atoms with E-state index in [1.165, 1.54) is 22.5 Å². The van der Waals surface area contributed by atoms with Crippen LogP contribution in [0.1, 0.15) is 31.2 Å². The number of nitrogens with one attached hydrogen (secondary N) is 1. The molecule has 0 aliphatic carbocycles. The summed E-state index contributed by atoms with van der Waals surface area (Å²) >= 11 is 1.51. The molecule has 0 spiro atoms. The Bertz CT molecular complexity index is 937. The predicted molar refractivity (Wildman–Crippen MR) is 111 cm³/mol. The molecule has 0 fully saturated rings. The van der Waals surface area contributed by atoms with Crippen molar-refractivity contribution in [3.8, 4) is 11.3 Å². The van der Waals surface area contributed by atoms with Gasteiger partial charge in [0, 0.05) is 30.1 Å². The van der Waals surface area contributed by atoms with Crippen LogP contribution in [0.2, 0.25) is 0 Å². The molecule has 0 bridgehead atoms. The van der Waals surface area contributed by atoms with Crippen LogP contribution in [0, 0.1) is 20.8 Å². The molecule has 1 amide bonds. The summed E-state index contributed by atoms with van der Waals surface area (Å²) in [5, 5.41) is 7.41. The van der Waals surface area contributed by atoms with E-state index in [4.69, 9.17) is 5.73 Å². The number of carbonyl (C=O) groups is 1. The minimum Gasteiger partial charge on any atom is -0.347 e. The highest BCUT2D eigenvalue weighted by Crippen LogP contribution is 2.32. The zero-order valence-corrected chi connectivity index (χ0v) is 17.1. The monoisotopic (exact) mass is 382 g/mol. The highest BCUT2D eigenvalue weighted by molar-refractivity contribution is 7.14. The maximum atomic E-state index is 12.8. The number of hydrogen-bond acceptors (Lipinski definition) is 4. The summed E-state index contributed by atoms with van der Waals surface area (Å²) in [6, 6.07) is 10.1. The SMILES string of the molecule is Cc1ccccc1C[C@@H](CN)NC(=O)c1cc(-c2c(C)cnn2C)c(C)s1. The molecule has 3 N–H and O–H groups in total. The van der Waals surface area contributed by atoms with Crippen LogP contribution in [-0.2, 0) is 13.5 Å². The highest BCUT2D eigenvalue weighted by Gasteiger charge is 2.19. The fraction of sp³-hybridized carbons (Fsp3) is 0.333. The van der Waals surface area contributed by atoms with E-state index in [-0.39, 0.29) is 11.9 Å². The van der Waals surface area contributed by atoms with Gasteiger partial charge in [0.05, 0.1) is 16.8 Å². The number of rotatable bonds is 6. The van der Waals surface area contributed by atoms with Crippen molar-refractivity contribution in [2.24, 2.45) is 12.8 Å². The second kappa shape index (κ2) is 8.06. The van der Waals surface area contributed by atoms with Gasteiger partial charge in [-0.15, -0.1) is 11.3 Å². The van der Waals surface area contributed by atoms with Crippen molar-refractivity contribution in [3.63, 3.8) is 0 Å². The van der Waals surface area contributed by atoms with Gasteiger partial charge in [-0.25, -0.2) is 0 Å². The van der Waals surface area contributed by atoms with Crippen LogP contribution in [0.3, 0.4) is 0 Å². The molecular weight excluding hydrogens is 356 g/mol. The molecule has 0 unspecified atom stereocenters. The number of carbonyl (C=O) groups excluding carboxylic acids is 1.